The number of amides is 1. The van der Waals surface area contributed by atoms with Crippen molar-refractivity contribution in [2.75, 3.05) is 32.7 Å². The molecule has 1 aliphatic rings. The Kier molecular flexibility index (Phi) is 6.27. The third-order valence-corrected chi connectivity index (χ3v) is 3.75. The van der Waals surface area contributed by atoms with Gasteiger partial charge in [-0.3, -0.25) is 9.69 Å². The maximum absolute atomic E-state index is 12.4. The minimum atomic E-state index is 0.0755. The van der Waals surface area contributed by atoms with Crippen LogP contribution in [0.25, 0.3) is 0 Å². The quantitative estimate of drug-likeness (QED) is 0.693. The van der Waals surface area contributed by atoms with Crippen LogP contribution in [-0.4, -0.2) is 54.5 Å². The summed E-state index contributed by atoms with van der Waals surface area (Å²) < 4.78 is 0. The maximum Gasteiger partial charge on any atom is 0.236 e. The van der Waals surface area contributed by atoms with Gasteiger partial charge >= 0.3 is 0 Å². The van der Waals surface area contributed by atoms with Crippen LogP contribution in [0.4, 0.5) is 0 Å². The van der Waals surface area contributed by atoms with Gasteiger partial charge in [-0.2, -0.15) is 0 Å². The molecular weight excluding hydrogens is 238 g/mol. The van der Waals surface area contributed by atoms with E-state index in [1.807, 2.05) is 4.90 Å². The largest absolute Gasteiger partial charge is 0.339 e. The SMILES string of the molecule is CCCN(CC(=O)N(CC)C1CC1)CC(C)(C)CN. The Morgan fingerprint density at radius 1 is 1.32 bits per heavy atom. The van der Waals surface area contributed by atoms with Crippen molar-refractivity contribution in [1.82, 2.24) is 9.80 Å². The highest BCUT2D eigenvalue weighted by Crippen LogP contribution is 2.26. The van der Waals surface area contributed by atoms with Gasteiger partial charge in [-0.25, -0.2) is 0 Å². The van der Waals surface area contributed by atoms with Gasteiger partial charge < -0.3 is 10.6 Å². The van der Waals surface area contributed by atoms with E-state index in [0.29, 0.717) is 19.1 Å². The van der Waals surface area contributed by atoms with Gasteiger partial charge in [0.05, 0.1) is 6.54 Å². The molecule has 112 valence electrons. The van der Waals surface area contributed by atoms with Crippen LogP contribution >= 0.6 is 0 Å². The summed E-state index contributed by atoms with van der Waals surface area (Å²) in [7, 11) is 0. The molecule has 0 aliphatic heterocycles. The molecule has 1 aliphatic carbocycles. The van der Waals surface area contributed by atoms with E-state index < -0.39 is 0 Å². The molecule has 0 radical (unpaired) electrons. The molecule has 0 unspecified atom stereocenters. The Hall–Kier alpha value is -0.610. The molecule has 1 amide bonds. The molecule has 4 nitrogen and oxygen atoms in total. The first-order chi connectivity index (χ1) is 8.93. The van der Waals surface area contributed by atoms with Gasteiger partial charge in [0, 0.05) is 19.1 Å². The summed E-state index contributed by atoms with van der Waals surface area (Å²) in [4.78, 5) is 16.7. The molecule has 0 aromatic rings. The summed E-state index contributed by atoms with van der Waals surface area (Å²) in [6.07, 6.45) is 3.44. The maximum atomic E-state index is 12.4. The van der Waals surface area contributed by atoms with Crippen molar-refractivity contribution in [1.29, 1.82) is 0 Å². The fourth-order valence-electron chi connectivity index (χ4n) is 2.51. The summed E-state index contributed by atoms with van der Waals surface area (Å²) in [5, 5.41) is 0. The summed E-state index contributed by atoms with van der Waals surface area (Å²) >= 11 is 0. The monoisotopic (exact) mass is 269 g/mol. The van der Waals surface area contributed by atoms with Crippen molar-refractivity contribution in [3.63, 3.8) is 0 Å². The Bertz CT molecular complexity index is 287. The lowest BCUT2D eigenvalue weighted by Crippen LogP contribution is -2.46. The third-order valence-electron chi connectivity index (χ3n) is 3.75. The van der Waals surface area contributed by atoms with Crippen molar-refractivity contribution in [3.8, 4) is 0 Å². The number of carbonyl (C=O) groups is 1. The van der Waals surface area contributed by atoms with Crippen LogP contribution < -0.4 is 5.73 Å². The van der Waals surface area contributed by atoms with Crippen molar-refractivity contribution >= 4 is 5.91 Å². The number of likely N-dealkylation sites (N-methyl/N-ethyl adjacent to an activating group) is 1. The van der Waals surface area contributed by atoms with Gasteiger partial charge in [-0.1, -0.05) is 20.8 Å². The second-order valence-electron chi connectivity index (χ2n) is 6.49. The number of nitrogens with zero attached hydrogens (tertiary/aromatic N) is 2. The Morgan fingerprint density at radius 2 is 1.95 bits per heavy atom. The molecule has 0 heterocycles. The molecule has 0 atom stereocenters. The lowest BCUT2D eigenvalue weighted by molar-refractivity contribution is -0.133. The standard InChI is InChI=1S/C15H31N3O/c1-5-9-17(12-15(3,4)11-16)10-14(19)18(6-2)13-7-8-13/h13H,5-12,16H2,1-4H3. The van der Waals surface area contributed by atoms with E-state index >= 15 is 0 Å². The van der Waals surface area contributed by atoms with E-state index in [9.17, 15) is 4.79 Å². The average Bonchev–Trinajstić information content (AvgIpc) is 3.14. The fourth-order valence-corrected chi connectivity index (χ4v) is 2.51. The predicted molar refractivity (Wildman–Crippen MR) is 80.0 cm³/mol. The molecule has 0 bridgehead atoms. The summed E-state index contributed by atoms with van der Waals surface area (Å²) in [5.41, 5.74) is 5.88. The van der Waals surface area contributed by atoms with Gasteiger partial charge in [0.25, 0.3) is 0 Å². The molecule has 0 aromatic heterocycles. The molecule has 19 heavy (non-hydrogen) atoms. The van der Waals surface area contributed by atoms with Crippen LogP contribution in [0.1, 0.15) is 47.0 Å². The Labute approximate surface area is 118 Å². The molecule has 0 saturated heterocycles. The smallest absolute Gasteiger partial charge is 0.236 e. The lowest BCUT2D eigenvalue weighted by Gasteiger charge is -2.32. The van der Waals surface area contributed by atoms with E-state index in [-0.39, 0.29) is 11.3 Å². The highest BCUT2D eigenvalue weighted by Gasteiger charge is 2.32. The van der Waals surface area contributed by atoms with Crippen LogP contribution in [0, 0.1) is 5.41 Å². The van der Waals surface area contributed by atoms with Crippen LogP contribution in [0.2, 0.25) is 0 Å². The van der Waals surface area contributed by atoms with E-state index in [1.165, 1.54) is 12.8 Å². The van der Waals surface area contributed by atoms with E-state index in [4.69, 9.17) is 5.73 Å². The van der Waals surface area contributed by atoms with Gasteiger partial charge in [-0.05, 0) is 44.7 Å². The van der Waals surface area contributed by atoms with E-state index in [1.54, 1.807) is 0 Å². The predicted octanol–water partition coefficient (Wildman–Crippen LogP) is 1.69. The molecule has 4 heteroatoms. The minimum absolute atomic E-state index is 0.0755. The number of rotatable bonds is 9. The van der Waals surface area contributed by atoms with Crippen molar-refractivity contribution in [2.45, 2.75) is 53.0 Å². The number of hydrogen-bond donors (Lipinski definition) is 1. The first-order valence-corrected chi connectivity index (χ1v) is 7.65. The van der Waals surface area contributed by atoms with Crippen molar-refractivity contribution < 1.29 is 4.79 Å². The Morgan fingerprint density at radius 3 is 2.37 bits per heavy atom. The topological polar surface area (TPSA) is 49.6 Å². The third kappa shape index (κ3) is 5.49. The second-order valence-corrected chi connectivity index (χ2v) is 6.49. The van der Waals surface area contributed by atoms with Crippen molar-refractivity contribution in [2.24, 2.45) is 11.1 Å². The summed E-state index contributed by atoms with van der Waals surface area (Å²) in [5.74, 6) is 0.284. The van der Waals surface area contributed by atoms with Crippen LogP contribution in [0.15, 0.2) is 0 Å². The van der Waals surface area contributed by atoms with E-state index in [2.05, 4.69) is 32.6 Å². The van der Waals surface area contributed by atoms with Gasteiger partial charge in [-0.15, -0.1) is 0 Å². The molecule has 0 spiro atoms. The normalized spacial score (nSPS) is 15.9. The Balaban J connectivity index is 2.54. The molecule has 0 aromatic carbocycles. The van der Waals surface area contributed by atoms with Gasteiger partial charge in [0.15, 0.2) is 0 Å². The highest BCUT2D eigenvalue weighted by molar-refractivity contribution is 5.78. The molecule has 1 fully saturated rings. The zero-order valence-corrected chi connectivity index (χ0v) is 13.1. The van der Waals surface area contributed by atoms with Crippen LogP contribution in [0.5, 0.6) is 0 Å². The summed E-state index contributed by atoms with van der Waals surface area (Å²) in [6, 6.07) is 0.517. The highest BCUT2D eigenvalue weighted by atomic mass is 16.2. The first-order valence-electron chi connectivity index (χ1n) is 7.65. The zero-order chi connectivity index (χ0) is 14.5. The van der Waals surface area contributed by atoms with E-state index in [0.717, 1.165) is 26.1 Å². The number of hydrogen-bond acceptors (Lipinski definition) is 3. The van der Waals surface area contributed by atoms with Crippen molar-refractivity contribution in [3.05, 3.63) is 0 Å². The number of carbonyl (C=O) groups excluding carboxylic acids is 1. The molecular formula is C15H31N3O. The lowest BCUT2D eigenvalue weighted by atomic mass is 9.93. The van der Waals surface area contributed by atoms with Gasteiger partial charge in [0.2, 0.25) is 5.91 Å². The van der Waals surface area contributed by atoms with Crippen LogP contribution in [-0.2, 0) is 4.79 Å². The number of nitrogens with two attached hydrogens (primary N) is 1. The fraction of sp³-hybridized carbons (Fsp3) is 0.933. The average molecular weight is 269 g/mol. The molecule has 1 saturated carbocycles. The molecule has 1 rings (SSSR count). The zero-order valence-electron chi connectivity index (χ0n) is 13.1. The summed E-state index contributed by atoms with van der Waals surface area (Å²) in [6.45, 7) is 12.5. The second kappa shape index (κ2) is 7.25. The first kappa shape index (κ1) is 16.4. The van der Waals surface area contributed by atoms with Crippen LogP contribution in [0.3, 0.4) is 0 Å². The molecule has 2 N–H and O–H groups in total. The van der Waals surface area contributed by atoms with Gasteiger partial charge in [0.1, 0.15) is 0 Å². The minimum Gasteiger partial charge on any atom is -0.339 e.